The fourth-order valence-corrected chi connectivity index (χ4v) is 1.54. The lowest BCUT2D eigenvalue weighted by Crippen LogP contribution is -2.44. The molecule has 100 valence electrons. The van der Waals surface area contributed by atoms with Crippen LogP contribution in [-0.2, 0) is 0 Å². The van der Waals surface area contributed by atoms with Crippen LogP contribution in [-0.4, -0.2) is 49.0 Å². The number of thioether (sulfide) groups is 1. The zero-order valence-electron chi connectivity index (χ0n) is 11.9. The van der Waals surface area contributed by atoms with Crippen LogP contribution in [0.25, 0.3) is 0 Å². The summed E-state index contributed by atoms with van der Waals surface area (Å²) >= 11 is 1.86. The average molecular weight is 257 g/mol. The quantitative estimate of drug-likeness (QED) is 0.329. The van der Waals surface area contributed by atoms with Crippen LogP contribution >= 0.6 is 11.8 Å². The maximum Gasteiger partial charge on any atom is 0.193 e. The highest BCUT2D eigenvalue weighted by atomic mass is 32.2. The van der Waals surface area contributed by atoms with Gasteiger partial charge in [-0.2, -0.15) is 11.8 Å². The summed E-state index contributed by atoms with van der Waals surface area (Å²) < 4.78 is 0.234. The molecule has 17 heavy (non-hydrogen) atoms. The maximum absolute atomic E-state index is 4.30. The van der Waals surface area contributed by atoms with E-state index in [2.05, 4.69) is 48.9 Å². The van der Waals surface area contributed by atoms with Crippen molar-refractivity contribution >= 4 is 17.7 Å². The second kappa shape index (κ2) is 8.45. The van der Waals surface area contributed by atoms with Crippen molar-refractivity contribution in [1.82, 2.24) is 10.2 Å². The van der Waals surface area contributed by atoms with E-state index in [1.54, 1.807) is 0 Å². The van der Waals surface area contributed by atoms with Gasteiger partial charge in [-0.3, -0.25) is 4.99 Å². The Labute approximate surface area is 111 Å². The first kappa shape index (κ1) is 16.4. The molecule has 3 nitrogen and oxygen atoms in total. The van der Waals surface area contributed by atoms with E-state index in [-0.39, 0.29) is 4.75 Å². The summed E-state index contributed by atoms with van der Waals surface area (Å²) in [7, 11) is 3.91. The molecule has 0 saturated heterocycles. The molecule has 0 aliphatic carbocycles. The van der Waals surface area contributed by atoms with Gasteiger partial charge in [-0.25, -0.2) is 0 Å². The molecule has 0 heterocycles. The Hall–Kier alpha value is -0.640. The number of hydrogen-bond acceptors (Lipinski definition) is 2. The molecule has 0 aromatic carbocycles. The lowest BCUT2D eigenvalue weighted by Gasteiger charge is -2.27. The van der Waals surface area contributed by atoms with Gasteiger partial charge in [-0.1, -0.05) is 6.08 Å². The summed E-state index contributed by atoms with van der Waals surface area (Å²) in [6.07, 6.45) is 6.27. The molecule has 0 unspecified atom stereocenters. The number of guanidine groups is 1. The first-order valence-corrected chi connectivity index (χ1v) is 7.27. The van der Waals surface area contributed by atoms with Gasteiger partial charge in [0.2, 0.25) is 0 Å². The molecule has 0 radical (unpaired) electrons. The van der Waals surface area contributed by atoms with E-state index in [1.807, 2.05) is 24.9 Å². The molecule has 0 bridgehead atoms. The third-order valence-electron chi connectivity index (χ3n) is 2.70. The first-order chi connectivity index (χ1) is 7.96. The van der Waals surface area contributed by atoms with E-state index in [1.165, 1.54) is 0 Å². The lowest BCUT2D eigenvalue weighted by molar-refractivity contribution is 0.466. The summed E-state index contributed by atoms with van der Waals surface area (Å²) in [5, 5.41) is 3.42. The van der Waals surface area contributed by atoms with E-state index in [4.69, 9.17) is 0 Å². The number of rotatable bonds is 7. The van der Waals surface area contributed by atoms with E-state index >= 15 is 0 Å². The highest BCUT2D eigenvalue weighted by molar-refractivity contribution is 7.99. The normalized spacial score (nSPS) is 12.4. The summed E-state index contributed by atoms with van der Waals surface area (Å²) in [5.74, 6) is 0.969. The van der Waals surface area contributed by atoms with Crippen LogP contribution in [0.3, 0.4) is 0 Å². The van der Waals surface area contributed by atoms with Crippen molar-refractivity contribution in [3.05, 3.63) is 12.7 Å². The number of allylic oxidation sites excluding steroid dienone is 1. The third kappa shape index (κ3) is 7.31. The molecule has 0 rings (SSSR count). The highest BCUT2D eigenvalue weighted by Crippen LogP contribution is 2.19. The summed E-state index contributed by atoms with van der Waals surface area (Å²) in [6, 6.07) is 0. The Kier molecular flexibility index (Phi) is 8.13. The first-order valence-electron chi connectivity index (χ1n) is 6.04. The Morgan fingerprint density at radius 1 is 1.53 bits per heavy atom. The molecule has 0 atom stereocenters. The van der Waals surface area contributed by atoms with Crippen molar-refractivity contribution in [3.63, 3.8) is 0 Å². The summed E-state index contributed by atoms with van der Waals surface area (Å²) in [5.41, 5.74) is 0. The van der Waals surface area contributed by atoms with Crippen molar-refractivity contribution in [2.75, 3.05) is 33.4 Å². The fraction of sp³-hybridized carbons (Fsp3) is 0.769. The van der Waals surface area contributed by atoms with Crippen LogP contribution in [0.1, 0.15) is 26.7 Å². The molecule has 0 saturated carbocycles. The number of aliphatic imine (C=N–C) groups is 1. The summed E-state index contributed by atoms with van der Waals surface area (Å²) in [4.78, 5) is 6.47. The van der Waals surface area contributed by atoms with Gasteiger partial charge in [-0.05, 0) is 32.9 Å². The smallest absolute Gasteiger partial charge is 0.193 e. The van der Waals surface area contributed by atoms with Crippen molar-refractivity contribution in [1.29, 1.82) is 0 Å². The van der Waals surface area contributed by atoms with Crippen LogP contribution in [0.15, 0.2) is 17.6 Å². The Bertz CT molecular complexity index is 249. The topological polar surface area (TPSA) is 27.6 Å². The molecule has 0 amide bonds. The van der Waals surface area contributed by atoms with E-state index in [0.29, 0.717) is 0 Å². The van der Waals surface area contributed by atoms with Gasteiger partial charge in [0.15, 0.2) is 5.96 Å². The average Bonchev–Trinajstić information content (AvgIpc) is 2.30. The second-order valence-electron chi connectivity index (χ2n) is 4.72. The Balaban J connectivity index is 4.11. The molecule has 0 aromatic heterocycles. The second-order valence-corrected chi connectivity index (χ2v) is 6.23. The predicted molar refractivity (Wildman–Crippen MR) is 81.0 cm³/mol. The fourth-order valence-electron chi connectivity index (χ4n) is 1.33. The number of hydrogen-bond donors (Lipinski definition) is 1. The van der Waals surface area contributed by atoms with Gasteiger partial charge < -0.3 is 10.2 Å². The van der Waals surface area contributed by atoms with Crippen LogP contribution in [0, 0.1) is 0 Å². The summed E-state index contributed by atoms with van der Waals surface area (Å²) in [6.45, 7) is 10.1. The monoisotopic (exact) mass is 257 g/mol. The molecule has 4 heteroatoms. The SMILES string of the molecule is C=CCCCN(C)C(=NC)NCC(C)(C)SC. The largest absolute Gasteiger partial charge is 0.355 e. The molecule has 1 N–H and O–H groups in total. The standard InChI is InChI=1S/C13H27N3S/c1-7-8-9-10-16(5)12(14-4)15-11-13(2,3)17-6/h7H,1,8-11H2,2-6H3,(H,14,15). The van der Waals surface area contributed by atoms with Gasteiger partial charge in [0.05, 0.1) is 0 Å². The van der Waals surface area contributed by atoms with Crippen LogP contribution in [0.2, 0.25) is 0 Å². The van der Waals surface area contributed by atoms with Gasteiger partial charge in [0.25, 0.3) is 0 Å². The van der Waals surface area contributed by atoms with Crippen LogP contribution in [0.5, 0.6) is 0 Å². The highest BCUT2D eigenvalue weighted by Gasteiger charge is 2.17. The minimum Gasteiger partial charge on any atom is -0.355 e. The number of nitrogens with one attached hydrogen (secondary N) is 1. The Morgan fingerprint density at radius 2 is 2.18 bits per heavy atom. The lowest BCUT2D eigenvalue weighted by atomic mass is 10.2. The molecular weight excluding hydrogens is 230 g/mol. The maximum atomic E-state index is 4.30. The van der Waals surface area contributed by atoms with Gasteiger partial charge in [-0.15, -0.1) is 6.58 Å². The molecule has 0 aliphatic rings. The van der Waals surface area contributed by atoms with Crippen molar-refractivity contribution in [3.8, 4) is 0 Å². The van der Waals surface area contributed by atoms with Crippen molar-refractivity contribution < 1.29 is 0 Å². The third-order valence-corrected chi connectivity index (χ3v) is 3.95. The molecule has 0 fully saturated rings. The van der Waals surface area contributed by atoms with E-state index in [0.717, 1.165) is 31.9 Å². The minimum absolute atomic E-state index is 0.234. The molecule has 0 spiro atoms. The zero-order chi connectivity index (χ0) is 13.3. The van der Waals surface area contributed by atoms with Gasteiger partial charge >= 0.3 is 0 Å². The zero-order valence-corrected chi connectivity index (χ0v) is 12.7. The predicted octanol–water partition coefficient (Wildman–Crippen LogP) is 2.60. The number of nitrogens with zero attached hydrogens (tertiary/aromatic N) is 2. The van der Waals surface area contributed by atoms with Crippen molar-refractivity contribution in [2.45, 2.75) is 31.4 Å². The van der Waals surface area contributed by atoms with E-state index in [9.17, 15) is 0 Å². The van der Waals surface area contributed by atoms with E-state index < -0.39 is 0 Å². The van der Waals surface area contributed by atoms with Crippen LogP contribution in [0.4, 0.5) is 0 Å². The van der Waals surface area contributed by atoms with Crippen LogP contribution < -0.4 is 5.32 Å². The van der Waals surface area contributed by atoms with Gasteiger partial charge in [0, 0.05) is 31.9 Å². The number of unbranched alkanes of at least 4 members (excludes halogenated alkanes) is 1. The Morgan fingerprint density at radius 3 is 2.65 bits per heavy atom. The van der Waals surface area contributed by atoms with Crippen molar-refractivity contribution in [2.24, 2.45) is 4.99 Å². The molecule has 0 aromatic rings. The molecule has 0 aliphatic heterocycles. The minimum atomic E-state index is 0.234. The van der Waals surface area contributed by atoms with Gasteiger partial charge in [0.1, 0.15) is 0 Å². The molecular formula is C13H27N3S.